The third kappa shape index (κ3) is 2.98. The van der Waals surface area contributed by atoms with Crippen molar-refractivity contribution in [3.05, 3.63) is 72.4 Å². The van der Waals surface area contributed by atoms with Crippen LogP contribution in [0.3, 0.4) is 0 Å². The summed E-state index contributed by atoms with van der Waals surface area (Å²) < 4.78 is 6.80. The molecule has 4 aromatic rings. The molecule has 0 atom stereocenters. The van der Waals surface area contributed by atoms with Gasteiger partial charge in [-0.25, -0.2) is 9.67 Å². The Morgan fingerprint density at radius 2 is 1.85 bits per heavy atom. The fourth-order valence-corrected chi connectivity index (χ4v) is 2.66. The van der Waals surface area contributed by atoms with Gasteiger partial charge >= 0.3 is 0 Å². The molecule has 26 heavy (non-hydrogen) atoms. The van der Waals surface area contributed by atoms with Gasteiger partial charge < -0.3 is 10.1 Å². The average molecular weight is 345 g/mol. The first-order valence-electron chi connectivity index (χ1n) is 7.97. The van der Waals surface area contributed by atoms with Gasteiger partial charge in [0, 0.05) is 11.5 Å². The molecular weight excluding hydrogens is 330 g/mol. The second kappa shape index (κ2) is 6.64. The van der Waals surface area contributed by atoms with Gasteiger partial charge in [-0.3, -0.25) is 4.79 Å². The number of aromatic nitrogens is 4. The van der Waals surface area contributed by atoms with Crippen LogP contribution in [0.1, 0.15) is 10.4 Å². The standard InChI is InChI=1S/C19H15N5O2/c1-26-18-11-15(14-9-5-6-10-16(14)20-18)19(25)21-17-12-24(23-22-17)13-7-3-2-4-8-13/h2-12H,1H3,(H,21,25). The molecule has 1 amide bonds. The number of hydrogen-bond donors (Lipinski definition) is 1. The van der Waals surface area contributed by atoms with Gasteiger partial charge in [0.1, 0.15) is 0 Å². The van der Waals surface area contributed by atoms with Gasteiger partial charge in [0.25, 0.3) is 5.91 Å². The van der Waals surface area contributed by atoms with E-state index in [1.807, 2.05) is 54.6 Å². The molecule has 2 aromatic heterocycles. The van der Waals surface area contributed by atoms with E-state index in [-0.39, 0.29) is 5.91 Å². The Hall–Kier alpha value is -3.74. The Kier molecular flexibility index (Phi) is 4.03. The molecule has 0 aliphatic carbocycles. The molecule has 0 unspecified atom stereocenters. The Bertz CT molecular complexity index is 1080. The average Bonchev–Trinajstić information content (AvgIpc) is 3.16. The van der Waals surface area contributed by atoms with E-state index >= 15 is 0 Å². The zero-order valence-corrected chi connectivity index (χ0v) is 14.0. The fourth-order valence-electron chi connectivity index (χ4n) is 2.66. The van der Waals surface area contributed by atoms with Gasteiger partial charge in [0.05, 0.1) is 30.1 Å². The Labute approximate surface area is 149 Å². The molecule has 2 heterocycles. The topological polar surface area (TPSA) is 81.9 Å². The van der Waals surface area contributed by atoms with E-state index in [0.717, 1.165) is 11.1 Å². The van der Waals surface area contributed by atoms with Crippen LogP contribution >= 0.6 is 0 Å². The maximum atomic E-state index is 12.8. The molecule has 4 rings (SSSR count). The number of nitrogens with one attached hydrogen (secondary N) is 1. The summed E-state index contributed by atoms with van der Waals surface area (Å²) in [5.74, 6) is 0.433. The zero-order valence-electron chi connectivity index (χ0n) is 14.0. The molecule has 7 heteroatoms. The maximum Gasteiger partial charge on any atom is 0.257 e. The number of hydrogen-bond acceptors (Lipinski definition) is 5. The lowest BCUT2D eigenvalue weighted by molar-refractivity contribution is 0.102. The van der Waals surface area contributed by atoms with Crippen LogP contribution in [0.25, 0.3) is 16.6 Å². The van der Waals surface area contributed by atoms with Crippen molar-refractivity contribution < 1.29 is 9.53 Å². The van der Waals surface area contributed by atoms with Gasteiger partial charge in [0.2, 0.25) is 5.88 Å². The third-order valence-corrected chi connectivity index (χ3v) is 3.90. The highest BCUT2D eigenvalue weighted by Gasteiger charge is 2.15. The first-order chi connectivity index (χ1) is 12.7. The SMILES string of the molecule is COc1cc(C(=O)Nc2cn(-c3ccccc3)nn2)c2ccccc2n1. The third-order valence-electron chi connectivity index (χ3n) is 3.90. The summed E-state index contributed by atoms with van der Waals surface area (Å²) in [6.45, 7) is 0. The minimum Gasteiger partial charge on any atom is -0.481 e. The maximum absolute atomic E-state index is 12.8. The quantitative estimate of drug-likeness (QED) is 0.615. The van der Waals surface area contributed by atoms with E-state index in [4.69, 9.17) is 4.74 Å². The molecule has 128 valence electrons. The Morgan fingerprint density at radius 1 is 1.08 bits per heavy atom. The summed E-state index contributed by atoms with van der Waals surface area (Å²) in [4.78, 5) is 17.1. The molecule has 0 saturated carbocycles. The molecule has 0 saturated heterocycles. The van der Waals surface area contributed by atoms with Crippen LogP contribution in [-0.4, -0.2) is 33.0 Å². The number of pyridine rings is 1. The second-order valence-corrected chi connectivity index (χ2v) is 5.57. The number of carbonyl (C=O) groups excluding carboxylic acids is 1. The first-order valence-corrected chi connectivity index (χ1v) is 7.97. The molecular formula is C19H15N5O2. The van der Waals surface area contributed by atoms with Gasteiger partial charge in [-0.15, -0.1) is 5.10 Å². The molecule has 2 aromatic carbocycles. The van der Waals surface area contributed by atoms with Crippen molar-refractivity contribution >= 4 is 22.6 Å². The lowest BCUT2D eigenvalue weighted by atomic mass is 10.1. The van der Waals surface area contributed by atoms with Crippen molar-refractivity contribution in [3.63, 3.8) is 0 Å². The monoisotopic (exact) mass is 345 g/mol. The van der Waals surface area contributed by atoms with Gasteiger partial charge in [-0.2, -0.15) is 0 Å². The van der Waals surface area contributed by atoms with E-state index < -0.39 is 0 Å². The van der Waals surface area contributed by atoms with Crippen LogP contribution in [-0.2, 0) is 0 Å². The van der Waals surface area contributed by atoms with E-state index in [1.165, 1.54) is 7.11 Å². The van der Waals surface area contributed by atoms with E-state index in [2.05, 4.69) is 20.6 Å². The number of anilines is 1. The number of benzene rings is 2. The number of carbonyl (C=O) groups is 1. The molecule has 1 N–H and O–H groups in total. The molecule has 0 aliphatic rings. The van der Waals surface area contributed by atoms with Crippen LogP contribution < -0.4 is 10.1 Å². The van der Waals surface area contributed by atoms with Crippen molar-refractivity contribution in [2.75, 3.05) is 12.4 Å². The van der Waals surface area contributed by atoms with Crippen molar-refractivity contribution in [3.8, 4) is 11.6 Å². The van der Waals surface area contributed by atoms with Crippen LogP contribution in [0.2, 0.25) is 0 Å². The number of methoxy groups -OCH3 is 1. The minimum atomic E-state index is -0.304. The normalized spacial score (nSPS) is 10.7. The highest BCUT2D eigenvalue weighted by atomic mass is 16.5. The molecule has 0 radical (unpaired) electrons. The number of para-hydroxylation sites is 2. The molecule has 0 spiro atoms. The van der Waals surface area contributed by atoms with Crippen LogP contribution in [0.4, 0.5) is 5.82 Å². The molecule has 7 nitrogen and oxygen atoms in total. The summed E-state index contributed by atoms with van der Waals surface area (Å²) in [5, 5.41) is 11.6. The number of rotatable bonds is 4. The van der Waals surface area contributed by atoms with E-state index in [1.54, 1.807) is 16.9 Å². The fraction of sp³-hybridized carbons (Fsp3) is 0.0526. The van der Waals surface area contributed by atoms with Crippen molar-refractivity contribution in [1.82, 2.24) is 20.0 Å². The van der Waals surface area contributed by atoms with Gasteiger partial charge in [-0.1, -0.05) is 41.6 Å². The van der Waals surface area contributed by atoms with Gasteiger partial charge in [-0.05, 0) is 18.2 Å². The zero-order chi connectivity index (χ0) is 17.9. The van der Waals surface area contributed by atoms with E-state index in [0.29, 0.717) is 22.8 Å². The molecule has 0 aliphatic heterocycles. The summed E-state index contributed by atoms with van der Waals surface area (Å²) >= 11 is 0. The predicted molar refractivity (Wildman–Crippen MR) is 97.6 cm³/mol. The number of fused-ring (bicyclic) bond motifs is 1. The van der Waals surface area contributed by atoms with Crippen LogP contribution in [0.15, 0.2) is 66.9 Å². The van der Waals surface area contributed by atoms with Gasteiger partial charge in [0.15, 0.2) is 5.82 Å². The summed E-state index contributed by atoms with van der Waals surface area (Å²) in [5.41, 5.74) is 2.00. The van der Waals surface area contributed by atoms with Crippen LogP contribution in [0.5, 0.6) is 5.88 Å². The summed E-state index contributed by atoms with van der Waals surface area (Å²) in [7, 11) is 1.52. The lowest BCUT2D eigenvalue weighted by Gasteiger charge is -2.08. The van der Waals surface area contributed by atoms with Crippen molar-refractivity contribution in [1.29, 1.82) is 0 Å². The second-order valence-electron chi connectivity index (χ2n) is 5.57. The number of nitrogens with zero attached hydrogens (tertiary/aromatic N) is 4. The van der Waals surface area contributed by atoms with Crippen molar-refractivity contribution in [2.24, 2.45) is 0 Å². The number of amides is 1. The highest BCUT2D eigenvalue weighted by Crippen LogP contribution is 2.22. The van der Waals surface area contributed by atoms with E-state index in [9.17, 15) is 4.79 Å². The predicted octanol–water partition coefficient (Wildman–Crippen LogP) is 3.08. The molecule has 0 bridgehead atoms. The smallest absolute Gasteiger partial charge is 0.257 e. The largest absolute Gasteiger partial charge is 0.481 e. The lowest BCUT2D eigenvalue weighted by Crippen LogP contribution is -2.13. The van der Waals surface area contributed by atoms with Crippen LogP contribution in [0, 0.1) is 0 Å². The summed E-state index contributed by atoms with van der Waals surface area (Å²) in [6.07, 6.45) is 1.66. The molecule has 0 fully saturated rings. The number of ether oxygens (including phenoxy) is 1. The Balaban J connectivity index is 1.65. The minimum absolute atomic E-state index is 0.304. The van der Waals surface area contributed by atoms with Crippen molar-refractivity contribution in [2.45, 2.75) is 0 Å². The summed E-state index contributed by atoms with van der Waals surface area (Å²) in [6, 6.07) is 18.6. The Morgan fingerprint density at radius 3 is 2.65 bits per heavy atom. The highest BCUT2D eigenvalue weighted by molar-refractivity contribution is 6.12. The first kappa shape index (κ1) is 15.8.